The molecular weight excluding hydrogens is 361 g/mol. The van der Waals surface area contributed by atoms with Gasteiger partial charge in [0, 0.05) is 19.7 Å². The summed E-state index contributed by atoms with van der Waals surface area (Å²) in [7, 11) is 1.82. The van der Waals surface area contributed by atoms with Crippen molar-refractivity contribution < 1.29 is 18.0 Å². The summed E-state index contributed by atoms with van der Waals surface area (Å²) in [5.74, 6) is 1.16. The molecule has 7 nitrogen and oxygen atoms in total. The van der Waals surface area contributed by atoms with Crippen molar-refractivity contribution in [2.75, 3.05) is 17.3 Å². The highest BCUT2D eigenvalue weighted by molar-refractivity contribution is 6.03. The van der Waals surface area contributed by atoms with E-state index in [0.717, 1.165) is 4.68 Å². The summed E-state index contributed by atoms with van der Waals surface area (Å²) in [5, 5.41) is 6.60. The molecule has 0 saturated heterocycles. The summed E-state index contributed by atoms with van der Waals surface area (Å²) in [4.78, 5) is 23.0. The van der Waals surface area contributed by atoms with Crippen molar-refractivity contribution in [2.24, 2.45) is 0 Å². The number of amides is 1. The van der Waals surface area contributed by atoms with Gasteiger partial charge in [-0.3, -0.25) is 9.48 Å². The SMILES string of the molecule is CC[C@H]1C(=O)Nc2c(C)nc(CCc3cnn(CC(F)(F)F)c3)nc2N1C. The van der Waals surface area contributed by atoms with E-state index < -0.39 is 12.7 Å². The Morgan fingerprint density at radius 3 is 2.67 bits per heavy atom. The number of likely N-dealkylation sites (N-methyl/N-ethyl adjacent to an activating group) is 1. The van der Waals surface area contributed by atoms with Crippen LogP contribution in [0.25, 0.3) is 0 Å². The van der Waals surface area contributed by atoms with Gasteiger partial charge in [-0.05, 0) is 25.3 Å². The Hall–Kier alpha value is -2.65. The second-order valence-corrected chi connectivity index (χ2v) is 6.61. The molecule has 0 aromatic carbocycles. The number of nitrogens with zero attached hydrogens (tertiary/aromatic N) is 5. The molecule has 3 heterocycles. The van der Waals surface area contributed by atoms with E-state index in [-0.39, 0.29) is 11.9 Å². The number of hydrogen-bond acceptors (Lipinski definition) is 5. The van der Waals surface area contributed by atoms with E-state index in [1.54, 1.807) is 6.92 Å². The maximum Gasteiger partial charge on any atom is 0.408 e. The van der Waals surface area contributed by atoms with Crippen LogP contribution in [-0.2, 0) is 24.2 Å². The Morgan fingerprint density at radius 2 is 2.00 bits per heavy atom. The third-order valence-electron chi connectivity index (χ3n) is 4.52. The molecule has 1 amide bonds. The highest BCUT2D eigenvalue weighted by Crippen LogP contribution is 2.32. The number of rotatable bonds is 5. The fourth-order valence-electron chi connectivity index (χ4n) is 3.18. The van der Waals surface area contributed by atoms with E-state index in [9.17, 15) is 18.0 Å². The first-order valence-electron chi connectivity index (χ1n) is 8.67. The molecule has 3 rings (SSSR count). The molecule has 0 radical (unpaired) electrons. The molecule has 0 unspecified atom stereocenters. The third kappa shape index (κ3) is 4.20. The molecule has 0 aliphatic carbocycles. The van der Waals surface area contributed by atoms with Crippen molar-refractivity contribution in [3.05, 3.63) is 29.5 Å². The van der Waals surface area contributed by atoms with Crippen LogP contribution in [0, 0.1) is 6.92 Å². The smallest absolute Gasteiger partial charge is 0.346 e. The predicted octanol–water partition coefficient (Wildman–Crippen LogP) is 2.50. The lowest BCUT2D eigenvalue weighted by molar-refractivity contribution is -0.142. The Labute approximate surface area is 154 Å². The molecular formula is C17H21F3N6O. The Balaban J connectivity index is 1.75. The van der Waals surface area contributed by atoms with Crippen molar-refractivity contribution in [1.82, 2.24) is 19.7 Å². The molecule has 0 saturated carbocycles. The van der Waals surface area contributed by atoms with Gasteiger partial charge in [-0.1, -0.05) is 6.92 Å². The zero-order valence-electron chi connectivity index (χ0n) is 15.3. The van der Waals surface area contributed by atoms with Crippen LogP contribution >= 0.6 is 0 Å². The van der Waals surface area contributed by atoms with E-state index in [0.29, 0.717) is 47.8 Å². The van der Waals surface area contributed by atoms with Crippen LogP contribution in [0.4, 0.5) is 24.7 Å². The lowest BCUT2D eigenvalue weighted by atomic mass is 10.1. The Kier molecular flexibility index (Phi) is 5.07. The normalized spacial score (nSPS) is 17.0. The first-order chi connectivity index (χ1) is 12.7. The van der Waals surface area contributed by atoms with Gasteiger partial charge in [0.1, 0.15) is 24.1 Å². The molecule has 0 spiro atoms. The molecule has 0 bridgehead atoms. The van der Waals surface area contributed by atoms with Crippen LogP contribution in [-0.4, -0.2) is 44.9 Å². The zero-order chi connectivity index (χ0) is 19.8. The number of carbonyl (C=O) groups is 1. The highest BCUT2D eigenvalue weighted by atomic mass is 19.4. The molecule has 0 fully saturated rings. The summed E-state index contributed by atoms with van der Waals surface area (Å²) in [5.41, 5.74) is 1.96. The summed E-state index contributed by atoms with van der Waals surface area (Å²) >= 11 is 0. The number of halogens is 3. The van der Waals surface area contributed by atoms with Gasteiger partial charge in [0.2, 0.25) is 5.91 Å². The van der Waals surface area contributed by atoms with Crippen LogP contribution < -0.4 is 10.2 Å². The molecule has 1 aliphatic rings. The number of nitrogens with one attached hydrogen (secondary N) is 1. The van der Waals surface area contributed by atoms with Crippen molar-refractivity contribution in [2.45, 2.75) is 51.9 Å². The average molecular weight is 382 g/mol. The number of aryl methyl sites for hydroxylation is 3. The predicted molar refractivity (Wildman–Crippen MR) is 93.6 cm³/mol. The standard InChI is InChI=1S/C17H21F3N6O/c1-4-12-16(27)24-14-10(2)22-13(23-15(14)25(12)3)6-5-11-7-21-26(8-11)9-17(18,19)20/h7-8,12H,4-6,9H2,1-3H3,(H,24,27)/t12-/m0/s1. The minimum atomic E-state index is -4.30. The largest absolute Gasteiger partial charge is 0.408 e. The summed E-state index contributed by atoms with van der Waals surface area (Å²) in [6.45, 7) is 2.62. The van der Waals surface area contributed by atoms with Gasteiger partial charge in [-0.25, -0.2) is 9.97 Å². The highest BCUT2D eigenvalue weighted by Gasteiger charge is 2.32. The minimum absolute atomic E-state index is 0.0796. The molecule has 1 aliphatic heterocycles. The van der Waals surface area contributed by atoms with E-state index in [1.807, 2.05) is 18.9 Å². The number of hydrogen-bond donors (Lipinski definition) is 1. The maximum absolute atomic E-state index is 12.4. The van der Waals surface area contributed by atoms with Gasteiger partial charge >= 0.3 is 6.18 Å². The topological polar surface area (TPSA) is 75.9 Å². The zero-order valence-corrected chi connectivity index (χ0v) is 15.3. The van der Waals surface area contributed by atoms with Crippen molar-refractivity contribution in [1.29, 1.82) is 0 Å². The molecule has 1 N–H and O–H groups in total. The Morgan fingerprint density at radius 1 is 1.26 bits per heavy atom. The van der Waals surface area contributed by atoms with Crippen molar-refractivity contribution >= 4 is 17.4 Å². The summed E-state index contributed by atoms with van der Waals surface area (Å²) < 4.78 is 38.1. The second-order valence-electron chi connectivity index (χ2n) is 6.61. The van der Waals surface area contributed by atoms with Gasteiger partial charge in [0.05, 0.1) is 11.9 Å². The minimum Gasteiger partial charge on any atom is -0.346 e. The summed E-state index contributed by atoms with van der Waals surface area (Å²) in [6, 6.07) is -0.291. The quantitative estimate of drug-likeness (QED) is 0.860. The lowest BCUT2D eigenvalue weighted by Crippen LogP contribution is -2.46. The Bertz CT molecular complexity index is 848. The van der Waals surface area contributed by atoms with E-state index in [1.165, 1.54) is 12.4 Å². The fourth-order valence-corrected chi connectivity index (χ4v) is 3.18. The van der Waals surface area contributed by atoms with Gasteiger partial charge in [-0.2, -0.15) is 18.3 Å². The molecule has 146 valence electrons. The van der Waals surface area contributed by atoms with Crippen LogP contribution in [0.15, 0.2) is 12.4 Å². The fraction of sp³-hybridized carbons (Fsp3) is 0.529. The number of anilines is 2. The molecule has 27 heavy (non-hydrogen) atoms. The lowest BCUT2D eigenvalue weighted by Gasteiger charge is -2.34. The van der Waals surface area contributed by atoms with Gasteiger partial charge in [0.25, 0.3) is 0 Å². The van der Waals surface area contributed by atoms with Crippen LogP contribution in [0.3, 0.4) is 0 Å². The number of aromatic nitrogens is 4. The van der Waals surface area contributed by atoms with Gasteiger partial charge < -0.3 is 10.2 Å². The van der Waals surface area contributed by atoms with Crippen LogP contribution in [0.5, 0.6) is 0 Å². The van der Waals surface area contributed by atoms with Crippen LogP contribution in [0.1, 0.15) is 30.4 Å². The summed E-state index contributed by atoms with van der Waals surface area (Å²) in [6.07, 6.45) is 0.105. The molecule has 2 aromatic rings. The first kappa shape index (κ1) is 19.1. The number of carbonyl (C=O) groups excluding carboxylic acids is 1. The molecule has 1 atom stereocenters. The molecule has 2 aromatic heterocycles. The van der Waals surface area contributed by atoms with E-state index in [2.05, 4.69) is 20.4 Å². The monoisotopic (exact) mass is 382 g/mol. The van der Waals surface area contributed by atoms with E-state index in [4.69, 9.17) is 0 Å². The van der Waals surface area contributed by atoms with Crippen molar-refractivity contribution in [3.63, 3.8) is 0 Å². The number of alkyl halides is 3. The molecule has 10 heteroatoms. The van der Waals surface area contributed by atoms with E-state index >= 15 is 0 Å². The van der Waals surface area contributed by atoms with Crippen molar-refractivity contribution in [3.8, 4) is 0 Å². The average Bonchev–Trinajstić information content (AvgIpc) is 3.00. The van der Waals surface area contributed by atoms with Crippen LogP contribution in [0.2, 0.25) is 0 Å². The van der Waals surface area contributed by atoms with Gasteiger partial charge in [-0.15, -0.1) is 0 Å². The second kappa shape index (κ2) is 7.16. The van der Waals surface area contributed by atoms with Gasteiger partial charge in [0.15, 0.2) is 5.82 Å². The number of fused-ring (bicyclic) bond motifs is 1. The first-order valence-corrected chi connectivity index (χ1v) is 8.67. The third-order valence-corrected chi connectivity index (χ3v) is 4.52. The maximum atomic E-state index is 12.4.